The number of carbonyl (C=O) groups excluding carboxylic acids is 1. The molecule has 0 bridgehead atoms. The Labute approximate surface area is 146 Å². The molecule has 0 radical (unpaired) electrons. The summed E-state index contributed by atoms with van der Waals surface area (Å²) in [6.45, 7) is 0. The molecule has 0 aliphatic heterocycles. The van der Waals surface area contributed by atoms with E-state index in [1.165, 1.54) is 5.56 Å². The first-order valence-electron chi connectivity index (χ1n) is 7.49. The molecule has 2 aromatic rings. The molecule has 1 amide bonds. The quantitative estimate of drug-likeness (QED) is 0.875. The van der Waals surface area contributed by atoms with Crippen LogP contribution in [0.1, 0.15) is 33.9 Å². The first-order chi connectivity index (χ1) is 11.3. The highest BCUT2D eigenvalue weighted by atomic mass is 35.5. The minimum Gasteiger partial charge on any atom is -0.345 e. The molecule has 1 atom stereocenters. The second-order valence-electron chi connectivity index (χ2n) is 5.86. The van der Waals surface area contributed by atoms with Crippen LogP contribution < -0.4 is 10.0 Å². The molecule has 3 rings (SSSR count). The van der Waals surface area contributed by atoms with Gasteiger partial charge in [0.2, 0.25) is 10.0 Å². The van der Waals surface area contributed by atoms with Crippen LogP contribution in [0.5, 0.6) is 0 Å². The number of hydrogen-bond acceptors (Lipinski definition) is 3. The minimum atomic E-state index is -3.33. The van der Waals surface area contributed by atoms with Gasteiger partial charge < -0.3 is 5.32 Å². The van der Waals surface area contributed by atoms with E-state index in [1.807, 2.05) is 18.2 Å². The fraction of sp³-hybridized carbons (Fsp3) is 0.235. The number of benzene rings is 2. The molecule has 0 aromatic heterocycles. The molecule has 0 saturated carbocycles. The van der Waals surface area contributed by atoms with Crippen molar-refractivity contribution in [2.75, 3.05) is 11.0 Å². The van der Waals surface area contributed by atoms with Gasteiger partial charge in [-0.3, -0.25) is 9.52 Å². The molecule has 0 unspecified atom stereocenters. The van der Waals surface area contributed by atoms with Crippen LogP contribution in [0.4, 0.5) is 5.69 Å². The number of aryl methyl sites for hydroxylation is 1. The Morgan fingerprint density at radius 1 is 1.17 bits per heavy atom. The third-order valence-electron chi connectivity index (χ3n) is 3.94. The Morgan fingerprint density at radius 2 is 1.88 bits per heavy atom. The highest BCUT2D eigenvalue weighted by Crippen LogP contribution is 2.33. The summed E-state index contributed by atoms with van der Waals surface area (Å²) in [6, 6.07) is 12.0. The molecule has 0 fully saturated rings. The number of anilines is 1. The number of amides is 1. The summed E-state index contributed by atoms with van der Waals surface area (Å²) >= 11 is 6.00. The van der Waals surface area contributed by atoms with Gasteiger partial charge in [0.15, 0.2) is 0 Å². The monoisotopic (exact) mass is 364 g/mol. The molecule has 0 heterocycles. The maximum atomic E-state index is 12.4. The average Bonchev–Trinajstić information content (AvgIpc) is 2.88. The van der Waals surface area contributed by atoms with E-state index >= 15 is 0 Å². The number of fused-ring (bicyclic) bond motifs is 1. The van der Waals surface area contributed by atoms with Crippen molar-refractivity contribution in [2.45, 2.75) is 18.9 Å². The zero-order valence-electron chi connectivity index (χ0n) is 13.0. The summed E-state index contributed by atoms with van der Waals surface area (Å²) in [5, 5.41) is 3.72. The number of halogens is 1. The smallest absolute Gasteiger partial charge is 0.251 e. The third-order valence-corrected chi connectivity index (χ3v) is 4.78. The van der Waals surface area contributed by atoms with Crippen LogP contribution in [0.2, 0.25) is 5.02 Å². The van der Waals surface area contributed by atoms with Crippen LogP contribution in [0, 0.1) is 0 Å². The van der Waals surface area contributed by atoms with Crippen LogP contribution in [-0.4, -0.2) is 20.6 Å². The standard InChI is InChI=1S/C17H17ClN2O3S/c1-24(22,23)20-14-6-2-11(3-7-14)17(21)19-16-9-4-12-10-13(18)5-8-15(12)16/h2-3,5-8,10,16,20H,4,9H2,1H3,(H,19,21)/t16-/m1/s1. The molecule has 1 aliphatic carbocycles. The van der Waals surface area contributed by atoms with E-state index in [0.717, 1.165) is 24.7 Å². The van der Waals surface area contributed by atoms with Gasteiger partial charge in [-0.15, -0.1) is 0 Å². The zero-order valence-corrected chi connectivity index (χ0v) is 14.6. The summed E-state index contributed by atoms with van der Waals surface area (Å²) in [4.78, 5) is 12.4. The number of carbonyl (C=O) groups is 1. The van der Waals surface area contributed by atoms with Gasteiger partial charge in [0.25, 0.3) is 5.91 Å². The van der Waals surface area contributed by atoms with E-state index in [9.17, 15) is 13.2 Å². The molecule has 2 N–H and O–H groups in total. The molecular weight excluding hydrogens is 348 g/mol. The highest BCUT2D eigenvalue weighted by molar-refractivity contribution is 7.92. The van der Waals surface area contributed by atoms with E-state index in [4.69, 9.17) is 11.6 Å². The normalized spacial score (nSPS) is 16.5. The lowest BCUT2D eigenvalue weighted by Gasteiger charge is -2.14. The summed E-state index contributed by atoms with van der Waals surface area (Å²) in [5.41, 5.74) is 3.18. The molecule has 5 nitrogen and oxygen atoms in total. The molecule has 2 aromatic carbocycles. The average molecular weight is 365 g/mol. The Morgan fingerprint density at radius 3 is 2.54 bits per heavy atom. The number of nitrogens with one attached hydrogen (secondary N) is 2. The predicted molar refractivity (Wildman–Crippen MR) is 94.9 cm³/mol. The highest BCUT2D eigenvalue weighted by Gasteiger charge is 2.24. The maximum Gasteiger partial charge on any atom is 0.251 e. The molecule has 1 aliphatic rings. The number of hydrogen-bond donors (Lipinski definition) is 2. The van der Waals surface area contributed by atoms with Gasteiger partial charge in [-0.25, -0.2) is 8.42 Å². The first kappa shape index (κ1) is 16.8. The summed E-state index contributed by atoms with van der Waals surface area (Å²) in [7, 11) is -3.33. The molecular formula is C17H17ClN2O3S. The molecule has 0 spiro atoms. The van der Waals surface area contributed by atoms with Gasteiger partial charge in [0.1, 0.15) is 0 Å². The predicted octanol–water partition coefficient (Wildman–Crippen LogP) is 3.13. The maximum absolute atomic E-state index is 12.4. The van der Waals surface area contributed by atoms with Crippen LogP contribution in [0.15, 0.2) is 42.5 Å². The van der Waals surface area contributed by atoms with Crippen LogP contribution in [-0.2, 0) is 16.4 Å². The topological polar surface area (TPSA) is 75.3 Å². The van der Waals surface area contributed by atoms with Crippen molar-refractivity contribution in [3.8, 4) is 0 Å². The molecule has 7 heteroatoms. The van der Waals surface area contributed by atoms with E-state index in [2.05, 4.69) is 10.0 Å². The Balaban J connectivity index is 1.70. The largest absolute Gasteiger partial charge is 0.345 e. The van der Waals surface area contributed by atoms with Crippen molar-refractivity contribution in [3.05, 3.63) is 64.2 Å². The Bertz CT molecular complexity index is 879. The fourth-order valence-electron chi connectivity index (χ4n) is 2.88. The van der Waals surface area contributed by atoms with E-state index in [-0.39, 0.29) is 11.9 Å². The van der Waals surface area contributed by atoms with Gasteiger partial charge in [-0.1, -0.05) is 17.7 Å². The SMILES string of the molecule is CS(=O)(=O)Nc1ccc(C(=O)N[C@@H]2CCc3cc(Cl)ccc32)cc1. The van der Waals surface area contributed by atoms with Crippen LogP contribution in [0.25, 0.3) is 0 Å². The van der Waals surface area contributed by atoms with Crippen molar-refractivity contribution in [1.82, 2.24) is 5.32 Å². The van der Waals surface area contributed by atoms with Crippen LogP contribution >= 0.6 is 11.6 Å². The Hall–Kier alpha value is -2.05. The van der Waals surface area contributed by atoms with Gasteiger partial charge in [0, 0.05) is 16.3 Å². The number of rotatable bonds is 4. The van der Waals surface area contributed by atoms with E-state index < -0.39 is 10.0 Å². The zero-order chi connectivity index (χ0) is 17.3. The lowest BCUT2D eigenvalue weighted by Crippen LogP contribution is -2.27. The van der Waals surface area contributed by atoms with E-state index in [0.29, 0.717) is 16.3 Å². The second kappa shape index (κ2) is 6.45. The van der Waals surface area contributed by atoms with Gasteiger partial charge >= 0.3 is 0 Å². The van der Waals surface area contributed by atoms with E-state index in [1.54, 1.807) is 24.3 Å². The van der Waals surface area contributed by atoms with Gasteiger partial charge in [0.05, 0.1) is 12.3 Å². The molecule has 126 valence electrons. The molecule has 0 saturated heterocycles. The van der Waals surface area contributed by atoms with Crippen molar-refractivity contribution in [2.24, 2.45) is 0 Å². The van der Waals surface area contributed by atoms with Gasteiger partial charge in [-0.05, 0) is 60.4 Å². The lowest BCUT2D eigenvalue weighted by atomic mass is 10.1. The summed E-state index contributed by atoms with van der Waals surface area (Å²) in [5.74, 6) is -0.186. The lowest BCUT2D eigenvalue weighted by molar-refractivity contribution is 0.0936. The van der Waals surface area contributed by atoms with Crippen molar-refractivity contribution < 1.29 is 13.2 Å². The first-order valence-corrected chi connectivity index (χ1v) is 9.76. The Kier molecular flexibility index (Phi) is 4.51. The summed E-state index contributed by atoms with van der Waals surface area (Å²) in [6.07, 6.45) is 2.81. The third kappa shape index (κ3) is 3.88. The van der Waals surface area contributed by atoms with Crippen molar-refractivity contribution in [1.29, 1.82) is 0 Å². The van der Waals surface area contributed by atoms with Crippen molar-refractivity contribution in [3.63, 3.8) is 0 Å². The van der Waals surface area contributed by atoms with Crippen molar-refractivity contribution >= 4 is 33.2 Å². The van der Waals surface area contributed by atoms with Crippen LogP contribution in [0.3, 0.4) is 0 Å². The second-order valence-corrected chi connectivity index (χ2v) is 8.04. The fourth-order valence-corrected chi connectivity index (χ4v) is 3.64. The minimum absolute atomic E-state index is 0.0291. The van der Waals surface area contributed by atoms with Gasteiger partial charge in [-0.2, -0.15) is 0 Å². The number of sulfonamides is 1. The molecule has 24 heavy (non-hydrogen) atoms. The summed E-state index contributed by atoms with van der Waals surface area (Å²) < 4.78 is 24.7.